The van der Waals surface area contributed by atoms with Crippen LogP contribution >= 0.6 is 0 Å². The van der Waals surface area contributed by atoms with Gasteiger partial charge in [0.05, 0.1) is 12.2 Å². The fraction of sp³-hybridized carbons (Fsp3) is 0.600. The Morgan fingerprint density at radius 1 is 1.22 bits per heavy atom. The molecule has 0 aliphatic carbocycles. The second kappa shape index (κ2) is 6.21. The van der Waals surface area contributed by atoms with Crippen molar-refractivity contribution in [1.82, 2.24) is 0 Å². The third-order valence-corrected chi connectivity index (χ3v) is 2.53. The molecule has 0 heterocycles. The summed E-state index contributed by atoms with van der Waals surface area (Å²) >= 11 is 0. The molecule has 18 heavy (non-hydrogen) atoms. The molecule has 102 valence electrons. The van der Waals surface area contributed by atoms with E-state index in [1.807, 2.05) is 39.8 Å². The van der Waals surface area contributed by atoms with Crippen molar-refractivity contribution in [3.8, 4) is 5.75 Å². The van der Waals surface area contributed by atoms with Crippen LogP contribution in [0.5, 0.6) is 5.75 Å². The zero-order valence-corrected chi connectivity index (χ0v) is 12.1. The minimum absolute atomic E-state index is 0.0246. The van der Waals surface area contributed by atoms with Gasteiger partial charge in [0.15, 0.2) is 0 Å². The Morgan fingerprint density at radius 3 is 2.44 bits per heavy atom. The first-order valence-electron chi connectivity index (χ1n) is 6.42. The van der Waals surface area contributed by atoms with E-state index in [2.05, 4.69) is 13.0 Å². The summed E-state index contributed by atoms with van der Waals surface area (Å²) < 4.78 is 11.4. The van der Waals surface area contributed by atoms with Crippen molar-refractivity contribution in [1.29, 1.82) is 0 Å². The predicted octanol–water partition coefficient (Wildman–Crippen LogP) is 3.21. The molecule has 3 nitrogen and oxygen atoms in total. The van der Waals surface area contributed by atoms with Crippen LogP contribution < -0.4 is 10.5 Å². The smallest absolute Gasteiger partial charge is 0.124 e. The fourth-order valence-corrected chi connectivity index (χ4v) is 1.65. The van der Waals surface area contributed by atoms with Crippen LogP contribution in [0.1, 0.15) is 44.9 Å². The zero-order chi connectivity index (χ0) is 13.8. The molecule has 1 aromatic rings. The van der Waals surface area contributed by atoms with Crippen molar-refractivity contribution in [2.24, 2.45) is 5.73 Å². The van der Waals surface area contributed by atoms with Crippen LogP contribution in [-0.2, 0) is 4.74 Å². The summed E-state index contributed by atoms with van der Waals surface area (Å²) in [6.07, 6.45) is 0. The minimum Gasteiger partial charge on any atom is -0.491 e. The molecule has 0 aliphatic rings. The van der Waals surface area contributed by atoms with E-state index in [0.29, 0.717) is 13.2 Å². The van der Waals surface area contributed by atoms with Gasteiger partial charge in [0.2, 0.25) is 0 Å². The molecule has 0 saturated heterocycles. The molecule has 0 unspecified atom stereocenters. The molecule has 1 rings (SSSR count). The highest BCUT2D eigenvalue weighted by atomic mass is 16.5. The third-order valence-electron chi connectivity index (χ3n) is 2.53. The van der Waals surface area contributed by atoms with Crippen LogP contribution in [0.3, 0.4) is 0 Å². The van der Waals surface area contributed by atoms with Gasteiger partial charge in [0, 0.05) is 11.6 Å². The van der Waals surface area contributed by atoms with Crippen LogP contribution in [0.25, 0.3) is 0 Å². The lowest BCUT2D eigenvalue weighted by atomic mass is 10.1. The zero-order valence-electron chi connectivity index (χ0n) is 12.1. The molecular weight excluding hydrogens is 226 g/mol. The van der Waals surface area contributed by atoms with E-state index in [-0.39, 0.29) is 11.6 Å². The first-order valence-corrected chi connectivity index (χ1v) is 6.42. The Balaban J connectivity index is 2.57. The molecule has 0 radical (unpaired) electrons. The Labute approximate surface area is 110 Å². The van der Waals surface area contributed by atoms with Crippen LogP contribution in [0.2, 0.25) is 0 Å². The van der Waals surface area contributed by atoms with E-state index in [9.17, 15) is 0 Å². The molecule has 3 heteroatoms. The van der Waals surface area contributed by atoms with Crippen molar-refractivity contribution in [2.75, 3.05) is 13.2 Å². The normalized spacial score (nSPS) is 13.4. The van der Waals surface area contributed by atoms with E-state index in [0.717, 1.165) is 11.3 Å². The van der Waals surface area contributed by atoms with E-state index in [1.54, 1.807) is 0 Å². The predicted molar refractivity (Wildman–Crippen MR) is 75.0 cm³/mol. The summed E-state index contributed by atoms with van der Waals surface area (Å²) in [5.41, 5.74) is 8.06. The van der Waals surface area contributed by atoms with Gasteiger partial charge in [-0.25, -0.2) is 0 Å². The number of benzene rings is 1. The number of nitrogens with two attached hydrogens (primary N) is 1. The Kier molecular flexibility index (Phi) is 5.17. The average Bonchev–Trinajstić information content (AvgIpc) is 2.24. The third kappa shape index (κ3) is 5.07. The van der Waals surface area contributed by atoms with Crippen molar-refractivity contribution in [3.63, 3.8) is 0 Å². The Morgan fingerprint density at radius 2 is 1.89 bits per heavy atom. The number of ether oxygens (including phenoxy) is 2. The highest BCUT2D eigenvalue weighted by Gasteiger charge is 2.11. The maximum atomic E-state index is 5.95. The van der Waals surface area contributed by atoms with Crippen molar-refractivity contribution in [2.45, 2.75) is 46.3 Å². The standard InChI is InChI=1S/C15H25NO2/c1-11-6-7-14(13(10-11)12(2)16)17-8-9-18-15(3,4)5/h6-7,10,12H,8-9,16H2,1-5H3/t12-/m1/s1. The highest BCUT2D eigenvalue weighted by molar-refractivity contribution is 5.38. The van der Waals surface area contributed by atoms with E-state index in [4.69, 9.17) is 15.2 Å². The molecule has 0 aromatic heterocycles. The Bertz CT molecular complexity index is 381. The van der Waals surface area contributed by atoms with E-state index < -0.39 is 0 Å². The number of rotatable bonds is 5. The van der Waals surface area contributed by atoms with Gasteiger partial charge in [-0.15, -0.1) is 0 Å². The quantitative estimate of drug-likeness (QED) is 0.817. The Hall–Kier alpha value is -1.06. The summed E-state index contributed by atoms with van der Waals surface area (Å²) in [6, 6.07) is 6.06. The number of hydrogen-bond acceptors (Lipinski definition) is 3. The SMILES string of the molecule is Cc1ccc(OCCOC(C)(C)C)c([C@@H](C)N)c1. The summed E-state index contributed by atoms with van der Waals surface area (Å²) in [6.45, 7) is 11.2. The monoisotopic (exact) mass is 251 g/mol. The topological polar surface area (TPSA) is 44.5 Å². The average molecular weight is 251 g/mol. The molecule has 0 amide bonds. The molecule has 1 atom stereocenters. The summed E-state index contributed by atoms with van der Waals surface area (Å²) in [7, 11) is 0. The first kappa shape index (κ1) is 15.0. The second-order valence-electron chi connectivity index (χ2n) is 5.64. The number of hydrogen-bond donors (Lipinski definition) is 1. The molecule has 0 saturated carbocycles. The molecule has 0 spiro atoms. The van der Waals surface area contributed by atoms with Crippen LogP contribution in [-0.4, -0.2) is 18.8 Å². The van der Waals surface area contributed by atoms with E-state index in [1.165, 1.54) is 5.56 Å². The van der Waals surface area contributed by atoms with Gasteiger partial charge >= 0.3 is 0 Å². The fourth-order valence-electron chi connectivity index (χ4n) is 1.65. The van der Waals surface area contributed by atoms with Crippen LogP contribution in [0, 0.1) is 6.92 Å². The largest absolute Gasteiger partial charge is 0.491 e. The van der Waals surface area contributed by atoms with Gasteiger partial charge in [-0.3, -0.25) is 0 Å². The summed E-state index contributed by atoms with van der Waals surface area (Å²) in [5, 5.41) is 0. The minimum atomic E-state index is -0.124. The van der Waals surface area contributed by atoms with Crippen molar-refractivity contribution >= 4 is 0 Å². The number of aryl methyl sites for hydroxylation is 1. The molecule has 0 bridgehead atoms. The molecular formula is C15H25NO2. The van der Waals surface area contributed by atoms with E-state index >= 15 is 0 Å². The molecule has 0 aliphatic heterocycles. The molecule has 2 N–H and O–H groups in total. The first-order chi connectivity index (χ1) is 8.29. The van der Waals surface area contributed by atoms with Gasteiger partial charge in [-0.1, -0.05) is 17.7 Å². The lowest BCUT2D eigenvalue weighted by Gasteiger charge is -2.20. The van der Waals surface area contributed by atoms with Gasteiger partial charge in [-0.2, -0.15) is 0 Å². The van der Waals surface area contributed by atoms with Gasteiger partial charge in [-0.05, 0) is 40.7 Å². The van der Waals surface area contributed by atoms with Gasteiger partial charge in [0.25, 0.3) is 0 Å². The maximum absolute atomic E-state index is 5.95. The molecule has 1 aromatic carbocycles. The second-order valence-corrected chi connectivity index (χ2v) is 5.64. The highest BCUT2D eigenvalue weighted by Crippen LogP contribution is 2.25. The lowest BCUT2D eigenvalue weighted by Crippen LogP contribution is -2.22. The lowest BCUT2D eigenvalue weighted by molar-refractivity contribution is -0.0164. The maximum Gasteiger partial charge on any atom is 0.124 e. The van der Waals surface area contributed by atoms with Crippen molar-refractivity contribution in [3.05, 3.63) is 29.3 Å². The van der Waals surface area contributed by atoms with Gasteiger partial charge < -0.3 is 15.2 Å². The summed E-state index contributed by atoms with van der Waals surface area (Å²) in [5.74, 6) is 0.855. The van der Waals surface area contributed by atoms with Crippen molar-refractivity contribution < 1.29 is 9.47 Å². The van der Waals surface area contributed by atoms with Gasteiger partial charge in [0.1, 0.15) is 12.4 Å². The van der Waals surface area contributed by atoms with Crippen LogP contribution in [0.4, 0.5) is 0 Å². The van der Waals surface area contributed by atoms with Crippen LogP contribution in [0.15, 0.2) is 18.2 Å². The molecule has 0 fully saturated rings. The summed E-state index contributed by atoms with van der Waals surface area (Å²) in [4.78, 5) is 0.